The Kier molecular flexibility index (Phi) is 5.06. The molecular weight excluding hydrogens is 346 g/mol. The molecule has 0 aliphatic carbocycles. The molecule has 1 aliphatic rings. The molecule has 1 unspecified atom stereocenters. The third kappa shape index (κ3) is 4.50. The van der Waals surface area contributed by atoms with Crippen LogP contribution in [-0.4, -0.2) is 15.7 Å². The van der Waals surface area contributed by atoms with Gasteiger partial charge in [0.1, 0.15) is 11.9 Å². The van der Waals surface area contributed by atoms with E-state index in [1.807, 2.05) is 18.2 Å². The number of alkyl halides is 3. The highest BCUT2D eigenvalue weighted by Gasteiger charge is 2.34. The maximum atomic E-state index is 13.1. The molecule has 3 nitrogen and oxygen atoms in total. The largest absolute Gasteiger partial charge is 0.417 e. The molecule has 0 bridgehead atoms. The van der Waals surface area contributed by atoms with Gasteiger partial charge < -0.3 is 0 Å². The van der Waals surface area contributed by atoms with Crippen LogP contribution in [0.2, 0.25) is 0 Å². The second kappa shape index (κ2) is 7.43. The van der Waals surface area contributed by atoms with Crippen LogP contribution in [0.25, 0.3) is 0 Å². The number of hydrogen-bond acceptors (Lipinski definition) is 3. The lowest BCUT2D eigenvalue weighted by Crippen LogP contribution is -2.06. The zero-order chi connectivity index (χ0) is 18.6. The summed E-state index contributed by atoms with van der Waals surface area (Å²) >= 11 is 0. The molecule has 3 heterocycles. The third-order valence-electron chi connectivity index (χ3n) is 3.54. The normalized spacial score (nSPS) is 15.5. The summed E-state index contributed by atoms with van der Waals surface area (Å²) in [5.41, 5.74) is 0.889. The molecule has 0 amide bonds. The van der Waals surface area contributed by atoms with E-state index in [0.29, 0.717) is 17.0 Å². The lowest BCUT2D eigenvalue weighted by molar-refractivity contribution is -0.137. The van der Waals surface area contributed by atoms with Crippen LogP contribution < -0.4 is 0 Å². The number of nitrogens with zero attached hydrogens (tertiary/aromatic N) is 3. The van der Waals surface area contributed by atoms with E-state index in [9.17, 15) is 17.6 Å². The summed E-state index contributed by atoms with van der Waals surface area (Å²) in [7, 11) is 0. The molecule has 3 aromatic rings. The molecule has 0 saturated heterocycles. The molecule has 1 aromatic carbocycles. The maximum absolute atomic E-state index is 13.1. The average molecular weight is 359 g/mol. The topological polar surface area (TPSA) is 38.1 Å². The smallest absolute Gasteiger partial charge is 0.270 e. The van der Waals surface area contributed by atoms with Crippen LogP contribution in [0.5, 0.6) is 0 Å². The van der Waals surface area contributed by atoms with E-state index in [1.165, 1.54) is 18.2 Å². The van der Waals surface area contributed by atoms with Gasteiger partial charge in [0, 0.05) is 24.2 Å². The Morgan fingerprint density at radius 3 is 2.15 bits per heavy atom. The second-order valence-corrected chi connectivity index (χ2v) is 5.42. The first kappa shape index (κ1) is 17.7. The first-order valence-electron chi connectivity index (χ1n) is 7.67. The first-order chi connectivity index (χ1) is 12.4. The van der Waals surface area contributed by atoms with Gasteiger partial charge in [-0.1, -0.05) is 18.2 Å². The van der Waals surface area contributed by atoms with Crippen molar-refractivity contribution in [2.24, 2.45) is 4.99 Å². The molecule has 0 radical (unpaired) electrons. The fourth-order valence-electron chi connectivity index (χ4n) is 2.24. The highest BCUT2D eigenvalue weighted by atomic mass is 19.4. The van der Waals surface area contributed by atoms with Crippen molar-refractivity contribution in [1.82, 2.24) is 9.97 Å². The molecule has 1 aliphatic heterocycles. The highest BCUT2D eigenvalue weighted by Crippen LogP contribution is 2.35. The monoisotopic (exact) mass is 359 g/mol. The quantitative estimate of drug-likeness (QED) is 0.613. The fourth-order valence-corrected chi connectivity index (χ4v) is 2.24. The van der Waals surface area contributed by atoms with Gasteiger partial charge in [-0.3, -0.25) is 15.0 Å². The third-order valence-corrected chi connectivity index (χ3v) is 3.54. The summed E-state index contributed by atoms with van der Waals surface area (Å²) in [6.07, 6.45) is -0.117. The van der Waals surface area contributed by atoms with Crippen molar-refractivity contribution in [1.29, 1.82) is 0 Å². The SMILES string of the molecule is Fc1cccc(C2=NC2c2ccc(C(F)(F)F)cn2)c1.c1ccncc1. The predicted molar refractivity (Wildman–Crippen MR) is 89.2 cm³/mol. The molecule has 26 heavy (non-hydrogen) atoms. The Balaban J connectivity index is 0.000000278. The summed E-state index contributed by atoms with van der Waals surface area (Å²) in [4.78, 5) is 11.7. The maximum Gasteiger partial charge on any atom is 0.417 e. The number of rotatable bonds is 2. The molecule has 132 valence electrons. The number of aliphatic imine (C=N–C) groups is 1. The summed E-state index contributed by atoms with van der Waals surface area (Å²) in [6, 6.07) is 13.5. The number of halogens is 4. The number of hydrogen-bond donors (Lipinski definition) is 0. The van der Waals surface area contributed by atoms with E-state index in [2.05, 4.69) is 15.0 Å². The van der Waals surface area contributed by atoms with Gasteiger partial charge in [-0.25, -0.2) is 4.39 Å². The van der Waals surface area contributed by atoms with E-state index in [4.69, 9.17) is 0 Å². The fraction of sp³-hybridized carbons (Fsp3) is 0.105. The molecule has 0 N–H and O–H groups in total. The molecular formula is C19H13F4N3. The van der Waals surface area contributed by atoms with Crippen LogP contribution in [0.1, 0.15) is 22.9 Å². The zero-order valence-corrected chi connectivity index (χ0v) is 13.4. The molecule has 0 saturated carbocycles. The summed E-state index contributed by atoms with van der Waals surface area (Å²) in [6.45, 7) is 0. The molecule has 7 heteroatoms. The van der Waals surface area contributed by atoms with Gasteiger partial charge in [0.15, 0.2) is 0 Å². The van der Waals surface area contributed by atoms with Crippen molar-refractivity contribution in [3.63, 3.8) is 0 Å². The van der Waals surface area contributed by atoms with E-state index in [1.54, 1.807) is 24.5 Å². The van der Waals surface area contributed by atoms with Crippen molar-refractivity contribution < 1.29 is 17.6 Å². The van der Waals surface area contributed by atoms with Crippen molar-refractivity contribution in [3.8, 4) is 0 Å². The first-order valence-corrected chi connectivity index (χ1v) is 7.67. The van der Waals surface area contributed by atoms with Gasteiger partial charge in [0.25, 0.3) is 0 Å². The lowest BCUT2D eigenvalue weighted by Gasteiger charge is -2.06. The zero-order valence-electron chi connectivity index (χ0n) is 13.4. The Bertz CT molecular complexity index is 864. The van der Waals surface area contributed by atoms with E-state index < -0.39 is 11.7 Å². The number of aromatic nitrogens is 2. The second-order valence-electron chi connectivity index (χ2n) is 5.42. The van der Waals surface area contributed by atoms with Gasteiger partial charge in [0.05, 0.1) is 17.0 Å². The minimum atomic E-state index is -4.40. The van der Waals surface area contributed by atoms with Gasteiger partial charge in [-0.15, -0.1) is 0 Å². The number of benzene rings is 1. The summed E-state index contributed by atoms with van der Waals surface area (Å²) < 4.78 is 50.3. The molecule has 4 rings (SSSR count). The van der Waals surface area contributed by atoms with Crippen LogP contribution in [0.3, 0.4) is 0 Å². The molecule has 2 aromatic heterocycles. The van der Waals surface area contributed by atoms with E-state index >= 15 is 0 Å². The van der Waals surface area contributed by atoms with Crippen LogP contribution in [0.15, 0.2) is 78.2 Å². The van der Waals surface area contributed by atoms with Crippen LogP contribution in [0.4, 0.5) is 17.6 Å². The predicted octanol–water partition coefficient (Wildman–Crippen LogP) is 4.87. The Morgan fingerprint density at radius 1 is 0.885 bits per heavy atom. The van der Waals surface area contributed by atoms with Crippen LogP contribution in [-0.2, 0) is 6.18 Å². The molecule has 0 fully saturated rings. The van der Waals surface area contributed by atoms with Crippen molar-refractivity contribution in [2.45, 2.75) is 12.2 Å². The lowest BCUT2D eigenvalue weighted by atomic mass is 10.1. The Morgan fingerprint density at radius 2 is 1.65 bits per heavy atom. The highest BCUT2D eigenvalue weighted by molar-refractivity contribution is 6.13. The van der Waals surface area contributed by atoms with Gasteiger partial charge >= 0.3 is 6.18 Å². The summed E-state index contributed by atoms with van der Waals surface area (Å²) in [5, 5.41) is 0. The molecule has 1 atom stereocenters. The summed E-state index contributed by atoms with van der Waals surface area (Å²) in [5.74, 6) is -0.378. The Hall–Kier alpha value is -3.09. The van der Waals surface area contributed by atoms with E-state index in [0.717, 1.165) is 12.3 Å². The van der Waals surface area contributed by atoms with Crippen LogP contribution >= 0.6 is 0 Å². The van der Waals surface area contributed by atoms with Crippen molar-refractivity contribution >= 4 is 5.71 Å². The minimum Gasteiger partial charge on any atom is -0.270 e. The standard InChI is InChI=1S/C14H8F4N2.C5H5N/c15-10-3-1-2-8(6-10)12-13(20-12)11-5-4-9(7-19-11)14(16,17)18;1-2-4-6-5-3-1/h1-7,13H;1-5H. The number of pyridine rings is 2. The van der Waals surface area contributed by atoms with Gasteiger partial charge in [-0.2, -0.15) is 13.2 Å². The van der Waals surface area contributed by atoms with Crippen LogP contribution in [0, 0.1) is 5.82 Å². The average Bonchev–Trinajstić information content (AvgIpc) is 3.44. The Labute approximate surface area is 147 Å². The molecule has 0 spiro atoms. The minimum absolute atomic E-state index is 0.376. The van der Waals surface area contributed by atoms with Crippen molar-refractivity contribution in [2.75, 3.05) is 0 Å². The van der Waals surface area contributed by atoms with Gasteiger partial charge in [0.2, 0.25) is 0 Å². The van der Waals surface area contributed by atoms with Gasteiger partial charge in [-0.05, 0) is 36.4 Å². The van der Waals surface area contributed by atoms with E-state index in [-0.39, 0.29) is 11.9 Å². The van der Waals surface area contributed by atoms with Crippen molar-refractivity contribution in [3.05, 3.63) is 95.8 Å².